The van der Waals surface area contributed by atoms with Crippen LogP contribution in [-0.2, 0) is 5.41 Å². The highest BCUT2D eigenvalue weighted by Crippen LogP contribution is 2.46. The first kappa shape index (κ1) is 18.4. The van der Waals surface area contributed by atoms with E-state index in [4.69, 9.17) is 0 Å². The van der Waals surface area contributed by atoms with Crippen LogP contribution in [0.1, 0.15) is 77.8 Å². The first-order valence-electron chi connectivity index (χ1n) is 8.92. The van der Waals surface area contributed by atoms with Crippen LogP contribution in [-0.4, -0.2) is 14.8 Å². The number of nitrogens with zero attached hydrogens (tertiary/aromatic N) is 1. The molecule has 1 aromatic heterocycles. The van der Waals surface area contributed by atoms with Crippen LogP contribution in [0.4, 0.5) is 0 Å². The number of allylic oxidation sites excluding steroid dienone is 6. The Balaban J connectivity index is 2.64. The third kappa shape index (κ3) is 3.45. The molecule has 0 fully saturated rings. The zero-order valence-corrected chi connectivity index (χ0v) is 15.8. The molecule has 24 heavy (non-hydrogen) atoms. The van der Waals surface area contributed by atoms with Gasteiger partial charge in [0, 0.05) is 11.1 Å². The number of hydrogen-bond donors (Lipinski definition) is 2. The summed E-state index contributed by atoms with van der Waals surface area (Å²) in [6, 6.07) is 0. The topological polar surface area (TPSA) is 45.4 Å². The standard InChI is InChI=1S/C21H31NO2/c1-7-9-15-10-8-11-16(13-12-15)22-19(23)17(14(2)3)18(20(22)24)21(4,5)6/h8,11-14,23-24H,7,9-10H2,1-6H3. The fourth-order valence-corrected chi connectivity index (χ4v) is 3.41. The third-order valence-electron chi connectivity index (χ3n) is 4.47. The largest absolute Gasteiger partial charge is 0.494 e. The van der Waals surface area contributed by atoms with Crippen LogP contribution in [0, 0.1) is 0 Å². The molecule has 0 unspecified atom stereocenters. The average Bonchev–Trinajstić information content (AvgIpc) is 2.61. The molecule has 3 nitrogen and oxygen atoms in total. The Morgan fingerprint density at radius 2 is 1.79 bits per heavy atom. The monoisotopic (exact) mass is 329 g/mol. The minimum Gasteiger partial charge on any atom is -0.494 e. The lowest BCUT2D eigenvalue weighted by molar-refractivity contribution is 0.397. The van der Waals surface area contributed by atoms with Crippen molar-refractivity contribution in [2.75, 3.05) is 0 Å². The molecule has 0 atom stereocenters. The number of aromatic hydroxyl groups is 2. The first-order chi connectivity index (χ1) is 11.2. The Morgan fingerprint density at radius 3 is 2.29 bits per heavy atom. The van der Waals surface area contributed by atoms with E-state index in [1.165, 1.54) is 5.57 Å². The maximum absolute atomic E-state index is 10.9. The van der Waals surface area contributed by atoms with E-state index < -0.39 is 0 Å². The van der Waals surface area contributed by atoms with E-state index in [-0.39, 0.29) is 23.1 Å². The minimum absolute atomic E-state index is 0.132. The van der Waals surface area contributed by atoms with E-state index in [1.807, 2.05) is 26.0 Å². The number of hydrogen-bond acceptors (Lipinski definition) is 2. The van der Waals surface area contributed by atoms with Crippen LogP contribution >= 0.6 is 0 Å². The van der Waals surface area contributed by atoms with Crippen molar-refractivity contribution in [1.82, 2.24) is 4.57 Å². The Kier molecular flexibility index (Phi) is 5.32. The van der Waals surface area contributed by atoms with Gasteiger partial charge in [0.15, 0.2) is 0 Å². The van der Waals surface area contributed by atoms with Gasteiger partial charge < -0.3 is 10.2 Å². The minimum atomic E-state index is -0.245. The summed E-state index contributed by atoms with van der Waals surface area (Å²) in [4.78, 5) is 0. The van der Waals surface area contributed by atoms with E-state index in [2.05, 4.69) is 39.8 Å². The van der Waals surface area contributed by atoms with Gasteiger partial charge in [0.1, 0.15) is 0 Å². The van der Waals surface area contributed by atoms with Gasteiger partial charge in [0.25, 0.3) is 0 Å². The van der Waals surface area contributed by atoms with E-state index >= 15 is 0 Å². The predicted octanol–water partition coefficient (Wildman–Crippen LogP) is 5.85. The van der Waals surface area contributed by atoms with Crippen LogP contribution < -0.4 is 0 Å². The summed E-state index contributed by atoms with van der Waals surface area (Å²) >= 11 is 0. The van der Waals surface area contributed by atoms with Gasteiger partial charge in [-0.25, -0.2) is 0 Å². The van der Waals surface area contributed by atoms with Crippen molar-refractivity contribution in [2.45, 2.75) is 72.1 Å². The van der Waals surface area contributed by atoms with Gasteiger partial charge in [0.2, 0.25) is 11.8 Å². The normalized spacial score (nSPS) is 15.5. The summed E-state index contributed by atoms with van der Waals surface area (Å²) in [5.74, 6) is 0.426. The zero-order chi connectivity index (χ0) is 18.1. The molecule has 0 saturated carbocycles. The molecule has 1 heterocycles. The fourth-order valence-electron chi connectivity index (χ4n) is 3.41. The lowest BCUT2D eigenvalue weighted by atomic mass is 9.83. The summed E-state index contributed by atoms with van der Waals surface area (Å²) in [5.41, 5.74) is 3.58. The highest BCUT2D eigenvalue weighted by atomic mass is 16.3. The molecule has 1 aliphatic rings. The predicted molar refractivity (Wildman–Crippen MR) is 102 cm³/mol. The second kappa shape index (κ2) is 6.92. The van der Waals surface area contributed by atoms with Crippen LogP contribution in [0.15, 0.2) is 29.9 Å². The Bertz CT molecular complexity index is 694. The van der Waals surface area contributed by atoms with E-state index in [1.54, 1.807) is 4.57 Å². The summed E-state index contributed by atoms with van der Waals surface area (Å²) in [5, 5.41) is 21.7. The van der Waals surface area contributed by atoms with Crippen LogP contribution in [0.3, 0.4) is 0 Å². The van der Waals surface area contributed by atoms with Crippen molar-refractivity contribution in [3.8, 4) is 11.8 Å². The summed E-state index contributed by atoms with van der Waals surface area (Å²) in [6.07, 6.45) is 11.3. The van der Waals surface area contributed by atoms with Gasteiger partial charge in [-0.05, 0) is 36.3 Å². The van der Waals surface area contributed by atoms with Gasteiger partial charge in [-0.2, -0.15) is 0 Å². The first-order valence-corrected chi connectivity index (χ1v) is 8.92. The summed E-state index contributed by atoms with van der Waals surface area (Å²) in [6.45, 7) is 12.5. The molecule has 0 saturated heterocycles. The van der Waals surface area contributed by atoms with Gasteiger partial charge in [-0.1, -0.05) is 65.7 Å². The average molecular weight is 329 g/mol. The van der Waals surface area contributed by atoms with Gasteiger partial charge >= 0.3 is 0 Å². The molecule has 2 N–H and O–H groups in total. The maximum Gasteiger partial charge on any atom is 0.202 e. The second-order valence-electron chi connectivity index (χ2n) is 7.95. The highest BCUT2D eigenvalue weighted by Gasteiger charge is 2.32. The molecule has 2 rings (SSSR count). The molecular formula is C21H31NO2. The van der Waals surface area contributed by atoms with Crippen molar-refractivity contribution in [3.63, 3.8) is 0 Å². The van der Waals surface area contributed by atoms with Crippen molar-refractivity contribution < 1.29 is 10.2 Å². The molecule has 0 bridgehead atoms. The Morgan fingerprint density at radius 1 is 1.12 bits per heavy atom. The van der Waals surface area contributed by atoms with Crippen molar-refractivity contribution >= 4 is 5.70 Å². The highest BCUT2D eigenvalue weighted by molar-refractivity contribution is 5.68. The summed E-state index contributed by atoms with van der Waals surface area (Å²) < 4.78 is 1.58. The number of aromatic nitrogens is 1. The number of rotatable bonds is 4. The van der Waals surface area contributed by atoms with E-state index in [9.17, 15) is 10.2 Å². The van der Waals surface area contributed by atoms with Crippen molar-refractivity contribution in [1.29, 1.82) is 0 Å². The molecule has 0 radical (unpaired) electrons. The lowest BCUT2D eigenvalue weighted by Crippen LogP contribution is -2.13. The summed E-state index contributed by atoms with van der Waals surface area (Å²) in [7, 11) is 0. The third-order valence-corrected chi connectivity index (χ3v) is 4.47. The van der Waals surface area contributed by atoms with Crippen LogP contribution in [0.25, 0.3) is 5.70 Å². The van der Waals surface area contributed by atoms with Crippen molar-refractivity contribution in [3.05, 3.63) is 41.0 Å². The molecule has 0 aromatic carbocycles. The van der Waals surface area contributed by atoms with Crippen LogP contribution in [0.5, 0.6) is 11.8 Å². The molecule has 3 heteroatoms. The van der Waals surface area contributed by atoms with Crippen LogP contribution in [0.2, 0.25) is 0 Å². The molecule has 132 valence electrons. The maximum atomic E-state index is 10.9. The molecule has 0 amide bonds. The Labute approximate surface area is 146 Å². The Hall–Kier alpha value is -1.90. The fraction of sp³-hybridized carbons (Fsp3) is 0.524. The van der Waals surface area contributed by atoms with E-state index in [0.717, 1.165) is 36.1 Å². The lowest BCUT2D eigenvalue weighted by Gasteiger charge is -2.21. The molecule has 0 spiro atoms. The molecule has 0 aliphatic heterocycles. The molecular weight excluding hydrogens is 298 g/mol. The van der Waals surface area contributed by atoms with E-state index in [0.29, 0.717) is 0 Å². The smallest absolute Gasteiger partial charge is 0.202 e. The van der Waals surface area contributed by atoms with Gasteiger partial charge in [-0.15, -0.1) is 0 Å². The molecule has 1 aromatic rings. The van der Waals surface area contributed by atoms with Gasteiger partial charge in [0.05, 0.1) is 5.70 Å². The SMILES string of the molecule is CCCC1=CC=C(n2c(O)c(C(C)C)c(C(C)(C)C)c2O)C=CC1. The molecule has 1 aliphatic carbocycles. The van der Waals surface area contributed by atoms with Crippen molar-refractivity contribution in [2.24, 2.45) is 0 Å². The van der Waals surface area contributed by atoms with Gasteiger partial charge in [-0.3, -0.25) is 4.57 Å². The second-order valence-corrected chi connectivity index (χ2v) is 7.95. The quantitative estimate of drug-likeness (QED) is 0.728. The zero-order valence-electron chi connectivity index (χ0n) is 15.8.